The van der Waals surface area contributed by atoms with Crippen molar-refractivity contribution in [1.29, 1.82) is 0 Å². The molecule has 1 aliphatic heterocycles. The third kappa shape index (κ3) is 25.5. The molecule has 2 heterocycles. The largest absolute Gasteiger partial charge is 0.480 e. The molecule has 29 nitrogen and oxygen atoms in total. The van der Waals surface area contributed by atoms with Gasteiger partial charge in [0.1, 0.15) is 60.4 Å². The maximum Gasteiger partial charge on any atom is 0.327 e. The monoisotopic (exact) mass is 1500 g/mol. The molecule has 19 N–H and O–H groups in total. The summed E-state index contributed by atoms with van der Waals surface area (Å²) in [6.45, 7) is 5.97. The summed E-state index contributed by atoms with van der Waals surface area (Å²) in [4.78, 5) is 164. The van der Waals surface area contributed by atoms with Gasteiger partial charge in [-0.25, -0.2) is 4.79 Å². The van der Waals surface area contributed by atoms with Crippen LogP contribution in [0.1, 0.15) is 80.3 Å². The zero-order chi connectivity index (χ0) is 77.0. The van der Waals surface area contributed by atoms with Gasteiger partial charge in [0.25, 0.3) is 0 Å². The Morgan fingerprint density at radius 3 is 1.39 bits per heavy atom. The van der Waals surface area contributed by atoms with E-state index in [1.807, 2.05) is 38.1 Å². The van der Waals surface area contributed by atoms with E-state index in [1.165, 1.54) is 6.92 Å². The van der Waals surface area contributed by atoms with Crippen LogP contribution in [0, 0.1) is 0 Å². The topological polar surface area (TPSA) is 460 Å². The van der Waals surface area contributed by atoms with Crippen molar-refractivity contribution in [3.63, 3.8) is 0 Å². The lowest BCUT2D eigenvalue weighted by molar-refractivity contribution is -0.147. The Kier molecular flexibility index (Phi) is 33.0. The van der Waals surface area contributed by atoms with Crippen LogP contribution in [0.4, 0.5) is 0 Å². The number of nitrogens with two attached hydrogens (primary N) is 2. The summed E-state index contributed by atoms with van der Waals surface area (Å²) in [5.41, 5.74) is 16.5. The molecule has 1 fully saturated rings. The summed E-state index contributed by atoms with van der Waals surface area (Å²) < 4.78 is 0. The van der Waals surface area contributed by atoms with Gasteiger partial charge in [-0.2, -0.15) is 0 Å². The van der Waals surface area contributed by atoms with Crippen LogP contribution in [0.3, 0.4) is 0 Å². The number of benzene rings is 5. The van der Waals surface area contributed by atoms with Crippen molar-refractivity contribution in [2.24, 2.45) is 11.5 Å². The molecule has 106 heavy (non-hydrogen) atoms. The standard InChI is InChI=1S/C75H98N14O15S2/c1-43(2)78-38-50-30-28-49(29-31-50)36-58-70(98)87-63(44(3)91)73(101)85-59(35-48-23-13-8-14-24-48)71(99)88-64(45(4)92)74(102)89(5)62(40-90)72(100)86-61(75(103)104)42-106-105-41-53(77)65(93)80-55(27-17-18-32-76)66(94)81-56(33-46-19-9-6-10-20-46)67(95)82-57(34-47-21-11-7-12-22-47)68(96)84-60(69(97)83-58)37-51-39-79-54-26-16-15-25-52(51)54/h6-16,19-26,28-31,39,43-45,53,55-64,78-79,90-92H,17-18,27,32-38,40-42,76-77H2,1-5H3,(H,80,93)(H,81,94)(H,82,95)(H,83,97)(H,84,96)(H,85,101)(H,86,100)(H,87,98)(H,88,99)(H,103,104)/t44-,45-,53+,55+,56+,57+,58+,59+,60-,61+,62+,63-,64+/m1/s1. The van der Waals surface area contributed by atoms with Gasteiger partial charge in [-0.3, -0.25) is 47.9 Å². The Morgan fingerprint density at radius 1 is 0.500 bits per heavy atom. The lowest BCUT2D eigenvalue weighted by atomic mass is 9.99. The zero-order valence-electron chi connectivity index (χ0n) is 59.8. The molecule has 13 atom stereocenters. The van der Waals surface area contributed by atoms with E-state index in [1.54, 1.807) is 121 Å². The molecule has 1 saturated heterocycles. The Bertz CT molecular complexity index is 3920. The molecule has 0 radical (unpaired) electrons. The Morgan fingerprint density at radius 2 is 0.915 bits per heavy atom. The summed E-state index contributed by atoms with van der Waals surface area (Å²) in [6.07, 6.45) is -2.01. The molecular weight excluding hydrogens is 1400 g/mol. The van der Waals surface area contributed by atoms with Crippen LogP contribution in [0.25, 0.3) is 10.9 Å². The van der Waals surface area contributed by atoms with Crippen LogP contribution in [0.5, 0.6) is 0 Å². The first kappa shape index (κ1) is 83.5. The molecule has 570 valence electrons. The predicted octanol–water partition coefficient (Wildman–Crippen LogP) is 0.0592. The number of aliphatic carboxylic acids is 1. The molecule has 0 unspecified atom stereocenters. The summed E-state index contributed by atoms with van der Waals surface area (Å²) in [5, 5.41) is 71.4. The minimum atomic E-state index is -1.90. The number of nitrogens with one attached hydrogen (secondary N) is 11. The van der Waals surface area contributed by atoms with Crippen LogP contribution in [-0.2, 0) is 91.4 Å². The van der Waals surface area contributed by atoms with E-state index in [9.17, 15) is 54.0 Å². The van der Waals surface area contributed by atoms with Crippen LogP contribution >= 0.6 is 21.6 Å². The highest BCUT2D eigenvalue weighted by Gasteiger charge is 2.40. The molecule has 1 aliphatic rings. The molecule has 0 aliphatic carbocycles. The maximum atomic E-state index is 15.6. The molecule has 1 aromatic heterocycles. The van der Waals surface area contributed by atoms with Crippen molar-refractivity contribution in [1.82, 2.24) is 63.1 Å². The van der Waals surface area contributed by atoms with Crippen molar-refractivity contribution in [2.75, 3.05) is 31.7 Å². The first-order valence-electron chi connectivity index (χ1n) is 35.1. The first-order valence-corrected chi connectivity index (χ1v) is 37.6. The predicted molar refractivity (Wildman–Crippen MR) is 402 cm³/mol. The Hall–Kier alpha value is -9.73. The highest BCUT2D eigenvalue weighted by Crippen LogP contribution is 2.24. The van der Waals surface area contributed by atoms with Crippen molar-refractivity contribution < 1.29 is 73.2 Å². The first-order chi connectivity index (χ1) is 50.7. The third-order valence-electron chi connectivity index (χ3n) is 17.8. The molecule has 10 amide bonds. The summed E-state index contributed by atoms with van der Waals surface area (Å²) >= 11 is 0. The fourth-order valence-corrected chi connectivity index (χ4v) is 13.9. The van der Waals surface area contributed by atoms with Crippen LogP contribution in [-0.4, -0.2) is 212 Å². The number of para-hydroxylation sites is 1. The van der Waals surface area contributed by atoms with Crippen molar-refractivity contribution in [3.05, 3.63) is 179 Å². The van der Waals surface area contributed by atoms with Gasteiger partial charge >= 0.3 is 5.97 Å². The summed E-state index contributed by atoms with van der Waals surface area (Å²) in [6, 6.07) is 22.5. The number of carboxylic acid groups (broad SMARTS) is 1. The number of aromatic nitrogens is 1. The Balaban J connectivity index is 1.32. The minimum Gasteiger partial charge on any atom is -0.480 e. The molecule has 7 rings (SSSR count). The molecule has 5 aromatic carbocycles. The molecule has 0 saturated carbocycles. The lowest BCUT2D eigenvalue weighted by Crippen LogP contribution is -2.63. The molecular formula is C75H98N14O15S2. The summed E-state index contributed by atoms with van der Waals surface area (Å²) in [5.74, 6) is -11.8. The van der Waals surface area contributed by atoms with E-state index in [-0.39, 0.29) is 62.6 Å². The van der Waals surface area contributed by atoms with Crippen LogP contribution in [0.15, 0.2) is 146 Å². The van der Waals surface area contributed by atoms with Gasteiger partial charge in [-0.15, -0.1) is 0 Å². The van der Waals surface area contributed by atoms with Crippen molar-refractivity contribution in [3.8, 4) is 0 Å². The lowest BCUT2D eigenvalue weighted by Gasteiger charge is -2.32. The number of fused-ring (bicyclic) bond motifs is 1. The van der Waals surface area contributed by atoms with E-state index in [2.05, 4.69) is 58.2 Å². The number of aliphatic hydroxyl groups excluding tert-OH is 3. The number of aromatic amines is 1. The summed E-state index contributed by atoms with van der Waals surface area (Å²) in [7, 11) is 2.92. The fraction of sp³-hybridized carbons (Fsp3) is 0.427. The number of rotatable bonds is 21. The average Bonchev–Trinajstić information content (AvgIpc) is 1.66. The minimum absolute atomic E-state index is 0.0303. The van der Waals surface area contributed by atoms with E-state index in [0.717, 1.165) is 41.1 Å². The molecule has 31 heteroatoms. The fourth-order valence-electron chi connectivity index (χ4n) is 11.7. The second-order valence-corrected chi connectivity index (χ2v) is 29.1. The average molecular weight is 1500 g/mol. The number of hydrogen-bond donors (Lipinski definition) is 17. The number of nitrogens with zero attached hydrogens (tertiary/aromatic N) is 1. The third-order valence-corrected chi connectivity index (χ3v) is 20.2. The maximum absolute atomic E-state index is 15.6. The van der Waals surface area contributed by atoms with Gasteiger partial charge in [0, 0.05) is 80.3 Å². The normalized spacial score (nSPS) is 23.8. The van der Waals surface area contributed by atoms with E-state index >= 15 is 19.2 Å². The molecule has 0 bridgehead atoms. The number of hydrogen-bond acceptors (Lipinski definition) is 19. The van der Waals surface area contributed by atoms with Gasteiger partial charge in [0.2, 0.25) is 59.1 Å². The van der Waals surface area contributed by atoms with Gasteiger partial charge in [0.15, 0.2) is 0 Å². The number of carbonyl (C=O) groups excluding carboxylic acids is 10. The highest BCUT2D eigenvalue weighted by molar-refractivity contribution is 8.76. The second-order valence-electron chi connectivity index (χ2n) is 26.5. The highest BCUT2D eigenvalue weighted by atomic mass is 33.1. The quantitative estimate of drug-likeness (QED) is 0.0335. The number of likely N-dealkylation sites (N-methyl/N-ethyl adjacent to an activating group) is 1. The number of amides is 10. The smallest absolute Gasteiger partial charge is 0.327 e. The van der Waals surface area contributed by atoms with Gasteiger partial charge in [0.05, 0.1) is 24.9 Å². The van der Waals surface area contributed by atoms with E-state index < -0.39 is 150 Å². The number of unbranched alkanes of at least 4 members (excludes halogenated alkanes) is 1. The van der Waals surface area contributed by atoms with Gasteiger partial charge in [-0.05, 0) is 79.1 Å². The number of carboxylic acids is 1. The van der Waals surface area contributed by atoms with Gasteiger partial charge < -0.3 is 94.9 Å². The second kappa shape index (κ2) is 41.8. The van der Waals surface area contributed by atoms with E-state index in [0.29, 0.717) is 63.0 Å². The molecule has 0 spiro atoms. The SMILES string of the molecule is CC(C)NCc1ccc(C[C@@H]2NC(=O)[C@@H](Cc3c[nH]c4ccccc34)NC(=O)[C@H](Cc3ccccc3)NC(=O)[C@H](Cc3ccccc3)NC(=O)[C@H](CCCCN)NC(=O)[C@@H](N)CSSC[C@@H](C(=O)O)NC(=O)[C@H](CO)N(C)C(=O)[C@H]([C@@H](C)O)NC(=O)[C@H](Cc3ccccc3)NC(=O)[C@@H]([C@@H](C)O)NC2=O)cc1. The zero-order valence-corrected chi connectivity index (χ0v) is 61.5. The Labute approximate surface area is 623 Å². The van der Waals surface area contributed by atoms with Crippen molar-refractivity contribution >= 4 is 97.5 Å². The van der Waals surface area contributed by atoms with Gasteiger partial charge in [-0.1, -0.05) is 169 Å². The van der Waals surface area contributed by atoms with Crippen LogP contribution in [0.2, 0.25) is 0 Å². The number of aliphatic hydroxyl groups is 3. The number of carbonyl (C=O) groups is 11. The van der Waals surface area contributed by atoms with Crippen LogP contribution < -0.4 is 64.6 Å². The van der Waals surface area contributed by atoms with Crippen molar-refractivity contribution in [2.45, 2.75) is 170 Å². The van der Waals surface area contributed by atoms with E-state index in [4.69, 9.17) is 11.5 Å². The number of H-pyrrole nitrogens is 1. The molecule has 6 aromatic rings.